The SMILES string of the molecule is c1ccc(-c2ccc3[n+](c2)CCCC3)cc1. The van der Waals surface area contributed by atoms with Gasteiger partial charge in [-0.15, -0.1) is 0 Å². The number of fused-ring (bicyclic) bond motifs is 1. The minimum absolute atomic E-state index is 1.18. The summed E-state index contributed by atoms with van der Waals surface area (Å²) >= 11 is 0. The fourth-order valence-corrected chi connectivity index (χ4v) is 2.40. The second-order valence-corrected chi connectivity index (χ2v) is 4.43. The molecule has 16 heavy (non-hydrogen) atoms. The number of benzene rings is 1. The Bertz CT molecular complexity index is 488. The molecule has 1 aliphatic rings. The standard InChI is InChI=1S/C15H16N/c1-2-6-13(7-3-1)14-9-10-15-8-4-5-11-16(15)12-14/h1-3,6-7,9-10,12H,4-5,8,11H2/q+1. The molecule has 1 aliphatic heterocycles. The van der Waals surface area contributed by atoms with E-state index in [1.807, 2.05) is 0 Å². The summed E-state index contributed by atoms with van der Waals surface area (Å²) in [6, 6.07) is 15.1. The van der Waals surface area contributed by atoms with Gasteiger partial charge in [-0.3, -0.25) is 0 Å². The lowest BCUT2D eigenvalue weighted by molar-refractivity contribution is -0.708. The molecule has 80 valence electrons. The Balaban J connectivity index is 2.03. The van der Waals surface area contributed by atoms with Gasteiger partial charge in [0.05, 0.1) is 0 Å². The summed E-state index contributed by atoms with van der Waals surface area (Å²) < 4.78 is 2.41. The molecule has 2 aromatic rings. The van der Waals surface area contributed by atoms with Crippen LogP contribution in [0.2, 0.25) is 0 Å². The van der Waals surface area contributed by atoms with Crippen molar-refractivity contribution in [1.29, 1.82) is 0 Å². The first-order valence-corrected chi connectivity index (χ1v) is 6.01. The fraction of sp³-hybridized carbons (Fsp3) is 0.267. The molecule has 0 saturated heterocycles. The van der Waals surface area contributed by atoms with Crippen molar-refractivity contribution in [3.63, 3.8) is 0 Å². The van der Waals surface area contributed by atoms with Crippen LogP contribution in [0.3, 0.4) is 0 Å². The summed E-state index contributed by atoms with van der Waals surface area (Å²) in [6.45, 7) is 1.18. The Morgan fingerprint density at radius 3 is 2.56 bits per heavy atom. The molecule has 1 aromatic carbocycles. The van der Waals surface area contributed by atoms with Gasteiger partial charge in [-0.25, -0.2) is 4.57 Å². The van der Waals surface area contributed by atoms with Gasteiger partial charge in [-0.2, -0.15) is 0 Å². The smallest absolute Gasteiger partial charge is 0.181 e. The minimum Gasteiger partial charge on any atom is -0.202 e. The van der Waals surface area contributed by atoms with Gasteiger partial charge in [0.1, 0.15) is 6.54 Å². The Kier molecular flexibility index (Phi) is 2.45. The molecule has 0 N–H and O–H groups in total. The average Bonchev–Trinajstić information content (AvgIpc) is 2.39. The van der Waals surface area contributed by atoms with Crippen LogP contribution in [-0.2, 0) is 13.0 Å². The molecule has 0 unspecified atom stereocenters. The highest BCUT2D eigenvalue weighted by Gasteiger charge is 2.16. The molecule has 0 amide bonds. The van der Waals surface area contributed by atoms with Crippen molar-refractivity contribution in [2.75, 3.05) is 0 Å². The van der Waals surface area contributed by atoms with E-state index in [0.717, 1.165) is 0 Å². The fourth-order valence-electron chi connectivity index (χ4n) is 2.40. The maximum absolute atomic E-state index is 2.41. The second-order valence-electron chi connectivity index (χ2n) is 4.43. The number of hydrogen-bond donors (Lipinski definition) is 0. The molecule has 1 heteroatoms. The van der Waals surface area contributed by atoms with Crippen LogP contribution in [0.4, 0.5) is 0 Å². The Morgan fingerprint density at radius 1 is 0.812 bits per heavy atom. The summed E-state index contributed by atoms with van der Waals surface area (Å²) in [7, 11) is 0. The van der Waals surface area contributed by atoms with E-state index in [1.165, 1.54) is 42.6 Å². The van der Waals surface area contributed by atoms with Crippen LogP contribution < -0.4 is 4.57 Å². The summed E-state index contributed by atoms with van der Waals surface area (Å²) in [5.74, 6) is 0. The number of nitrogens with zero attached hydrogens (tertiary/aromatic N) is 1. The van der Waals surface area contributed by atoms with Crippen molar-refractivity contribution < 1.29 is 4.57 Å². The quantitative estimate of drug-likeness (QED) is 0.637. The third-order valence-electron chi connectivity index (χ3n) is 3.31. The van der Waals surface area contributed by atoms with E-state index >= 15 is 0 Å². The van der Waals surface area contributed by atoms with E-state index in [2.05, 4.69) is 53.2 Å². The third-order valence-corrected chi connectivity index (χ3v) is 3.31. The number of aryl methyl sites for hydroxylation is 2. The normalized spacial score (nSPS) is 14.5. The number of pyridine rings is 1. The minimum atomic E-state index is 1.18. The Hall–Kier alpha value is -1.63. The van der Waals surface area contributed by atoms with E-state index in [-0.39, 0.29) is 0 Å². The lowest BCUT2D eigenvalue weighted by atomic mass is 10.0. The van der Waals surface area contributed by atoms with Crippen molar-refractivity contribution in [2.24, 2.45) is 0 Å². The van der Waals surface area contributed by atoms with Crippen molar-refractivity contribution in [2.45, 2.75) is 25.8 Å². The highest BCUT2D eigenvalue weighted by Crippen LogP contribution is 2.18. The van der Waals surface area contributed by atoms with Gasteiger partial charge in [0, 0.05) is 24.5 Å². The lowest BCUT2D eigenvalue weighted by Crippen LogP contribution is -2.41. The predicted octanol–water partition coefficient (Wildman–Crippen LogP) is 2.98. The van der Waals surface area contributed by atoms with Crippen LogP contribution in [0.15, 0.2) is 48.7 Å². The van der Waals surface area contributed by atoms with E-state index < -0.39 is 0 Å². The van der Waals surface area contributed by atoms with Crippen molar-refractivity contribution in [3.8, 4) is 11.1 Å². The molecule has 0 aliphatic carbocycles. The molecular formula is C15H16N+. The van der Waals surface area contributed by atoms with Gasteiger partial charge in [0.15, 0.2) is 11.9 Å². The topological polar surface area (TPSA) is 3.88 Å². The van der Waals surface area contributed by atoms with E-state index in [0.29, 0.717) is 0 Å². The van der Waals surface area contributed by atoms with Crippen LogP contribution in [0.25, 0.3) is 11.1 Å². The molecule has 0 bridgehead atoms. The van der Waals surface area contributed by atoms with Crippen LogP contribution in [0, 0.1) is 0 Å². The number of rotatable bonds is 1. The maximum atomic E-state index is 2.41. The van der Waals surface area contributed by atoms with Gasteiger partial charge in [0.25, 0.3) is 0 Å². The zero-order valence-electron chi connectivity index (χ0n) is 9.39. The summed E-state index contributed by atoms with van der Waals surface area (Å²) in [5, 5.41) is 0. The predicted molar refractivity (Wildman–Crippen MR) is 65.0 cm³/mol. The molecule has 0 spiro atoms. The maximum Gasteiger partial charge on any atom is 0.181 e. The van der Waals surface area contributed by atoms with Gasteiger partial charge >= 0.3 is 0 Å². The van der Waals surface area contributed by atoms with Gasteiger partial charge in [-0.1, -0.05) is 30.3 Å². The first-order valence-electron chi connectivity index (χ1n) is 6.01. The van der Waals surface area contributed by atoms with Gasteiger partial charge in [0.2, 0.25) is 0 Å². The first-order chi connectivity index (χ1) is 7.93. The van der Waals surface area contributed by atoms with Crippen molar-refractivity contribution in [1.82, 2.24) is 0 Å². The molecule has 0 atom stereocenters. The highest BCUT2D eigenvalue weighted by molar-refractivity contribution is 5.61. The Morgan fingerprint density at radius 2 is 1.69 bits per heavy atom. The van der Waals surface area contributed by atoms with E-state index in [4.69, 9.17) is 0 Å². The molecule has 3 rings (SSSR count). The zero-order chi connectivity index (χ0) is 10.8. The first kappa shape index (κ1) is 9.59. The van der Waals surface area contributed by atoms with Crippen LogP contribution in [0.5, 0.6) is 0 Å². The molecule has 1 nitrogen and oxygen atoms in total. The lowest BCUT2D eigenvalue weighted by Gasteiger charge is -2.10. The number of aromatic nitrogens is 1. The van der Waals surface area contributed by atoms with Crippen LogP contribution in [0.1, 0.15) is 18.5 Å². The molecule has 1 aromatic heterocycles. The monoisotopic (exact) mass is 210 g/mol. The molecule has 0 fully saturated rings. The van der Waals surface area contributed by atoms with Gasteiger partial charge in [-0.05, 0) is 18.1 Å². The zero-order valence-corrected chi connectivity index (χ0v) is 9.39. The van der Waals surface area contributed by atoms with Crippen molar-refractivity contribution >= 4 is 0 Å². The summed E-state index contributed by atoms with van der Waals surface area (Å²) in [5.41, 5.74) is 4.11. The summed E-state index contributed by atoms with van der Waals surface area (Å²) in [6.07, 6.45) is 6.18. The van der Waals surface area contributed by atoms with E-state index in [9.17, 15) is 0 Å². The van der Waals surface area contributed by atoms with Crippen molar-refractivity contribution in [3.05, 3.63) is 54.4 Å². The molecule has 0 radical (unpaired) electrons. The van der Waals surface area contributed by atoms with Crippen LogP contribution in [-0.4, -0.2) is 0 Å². The van der Waals surface area contributed by atoms with Crippen LogP contribution >= 0.6 is 0 Å². The Labute approximate surface area is 96.4 Å². The number of hydrogen-bond acceptors (Lipinski definition) is 0. The molecule has 2 heterocycles. The second kappa shape index (κ2) is 4.09. The average molecular weight is 210 g/mol. The van der Waals surface area contributed by atoms with E-state index in [1.54, 1.807) is 0 Å². The molecule has 0 saturated carbocycles. The third kappa shape index (κ3) is 1.73. The summed E-state index contributed by atoms with van der Waals surface area (Å²) in [4.78, 5) is 0. The largest absolute Gasteiger partial charge is 0.202 e. The highest BCUT2D eigenvalue weighted by atomic mass is 15.0. The molecular weight excluding hydrogens is 194 g/mol. The van der Waals surface area contributed by atoms with Gasteiger partial charge < -0.3 is 0 Å².